The lowest BCUT2D eigenvalue weighted by molar-refractivity contribution is -0.127. The number of carbonyl (C=O) groups is 2. The van der Waals surface area contributed by atoms with Gasteiger partial charge in [0.05, 0.1) is 13.2 Å². The van der Waals surface area contributed by atoms with Crippen LogP contribution < -0.4 is 15.8 Å². The molecule has 1 aromatic heterocycles. The van der Waals surface area contributed by atoms with Gasteiger partial charge in [0.2, 0.25) is 5.82 Å². The predicted molar refractivity (Wildman–Crippen MR) is 110 cm³/mol. The Labute approximate surface area is 178 Å². The van der Waals surface area contributed by atoms with Crippen LogP contribution >= 0.6 is 0 Å². The molecule has 1 fully saturated rings. The van der Waals surface area contributed by atoms with Crippen molar-refractivity contribution in [1.29, 1.82) is 0 Å². The molecule has 0 bridgehead atoms. The van der Waals surface area contributed by atoms with E-state index >= 15 is 0 Å². The van der Waals surface area contributed by atoms with E-state index in [-0.39, 0.29) is 17.5 Å². The molecule has 7 nitrogen and oxygen atoms in total. The topological polar surface area (TPSA) is 104 Å². The number of unbranched alkanes of at least 4 members (excludes halogenated alkanes) is 1. The second kappa shape index (κ2) is 9.82. The van der Waals surface area contributed by atoms with Crippen LogP contribution in [0.1, 0.15) is 54.6 Å². The number of anilines is 1. The zero-order valence-corrected chi connectivity index (χ0v) is 17.4. The van der Waals surface area contributed by atoms with Gasteiger partial charge in [-0.05, 0) is 31.0 Å². The molecule has 1 aliphatic heterocycles. The molecule has 166 valence electrons. The zero-order chi connectivity index (χ0) is 22.5. The van der Waals surface area contributed by atoms with Crippen molar-refractivity contribution in [2.24, 2.45) is 5.73 Å². The van der Waals surface area contributed by atoms with Crippen molar-refractivity contribution in [1.82, 2.24) is 4.98 Å². The Bertz CT molecular complexity index is 970. The largest absolute Gasteiger partial charge is 0.493 e. The van der Waals surface area contributed by atoms with Crippen molar-refractivity contribution < 1.29 is 27.8 Å². The fourth-order valence-electron chi connectivity index (χ4n) is 3.82. The van der Waals surface area contributed by atoms with Crippen LogP contribution in [0, 0.1) is 11.6 Å². The number of nitrogens with one attached hydrogen (secondary N) is 1. The molecule has 1 aromatic carbocycles. The first-order valence-corrected chi connectivity index (χ1v) is 10.1. The van der Waals surface area contributed by atoms with Crippen molar-refractivity contribution in [3.05, 3.63) is 53.4 Å². The molecule has 0 saturated carbocycles. The number of aromatic nitrogens is 1. The Kier molecular flexibility index (Phi) is 7.17. The number of halogens is 2. The third kappa shape index (κ3) is 4.99. The first kappa shape index (κ1) is 22.6. The molecule has 0 spiro atoms. The Hall–Kier alpha value is -3.07. The van der Waals surface area contributed by atoms with Gasteiger partial charge in [-0.2, -0.15) is 4.39 Å². The summed E-state index contributed by atoms with van der Waals surface area (Å²) in [5.41, 5.74) is 5.94. The Balaban J connectivity index is 1.90. The van der Waals surface area contributed by atoms with E-state index in [0.29, 0.717) is 17.7 Å². The minimum absolute atomic E-state index is 0.00443. The van der Waals surface area contributed by atoms with E-state index in [9.17, 15) is 18.4 Å². The molecule has 2 aromatic rings. The number of hydrogen-bond acceptors (Lipinski definition) is 5. The maximum atomic E-state index is 14.3. The van der Waals surface area contributed by atoms with E-state index < -0.39 is 35.5 Å². The Morgan fingerprint density at radius 2 is 2.10 bits per heavy atom. The fraction of sp³-hybridized carbons (Fsp3) is 0.409. The smallest absolute Gasteiger partial charge is 0.267 e. The number of rotatable bonds is 8. The highest BCUT2D eigenvalue weighted by molar-refractivity contribution is 5.97. The maximum Gasteiger partial charge on any atom is 0.267 e. The van der Waals surface area contributed by atoms with E-state index in [4.69, 9.17) is 15.2 Å². The van der Waals surface area contributed by atoms with Crippen LogP contribution in [0.2, 0.25) is 0 Å². The molecule has 2 heterocycles. The summed E-state index contributed by atoms with van der Waals surface area (Å²) < 4.78 is 39.2. The third-order valence-corrected chi connectivity index (χ3v) is 5.32. The molecule has 1 aliphatic rings. The number of methoxy groups -OCH3 is 1. The summed E-state index contributed by atoms with van der Waals surface area (Å²) in [7, 11) is 1.25. The van der Waals surface area contributed by atoms with Crippen LogP contribution in [0.5, 0.6) is 5.75 Å². The number of benzene rings is 1. The van der Waals surface area contributed by atoms with Gasteiger partial charge in [-0.1, -0.05) is 25.8 Å². The van der Waals surface area contributed by atoms with Crippen LogP contribution in [-0.4, -0.2) is 36.1 Å². The van der Waals surface area contributed by atoms with E-state index in [1.807, 2.05) is 0 Å². The van der Waals surface area contributed by atoms with Crippen molar-refractivity contribution in [3.63, 3.8) is 0 Å². The van der Waals surface area contributed by atoms with Crippen LogP contribution in [0.4, 0.5) is 14.5 Å². The first-order chi connectivity index (χ1) is 14.8. The van der Waals surface area contributed by atoms with Crippen molar-refractivity contribution in [2.45, 2.75) is 50.7 Å². The molecule has 0 aliphatic carbocycles. The second-order valence-electron chi connectivity index (χ2n) is 7.43. The average Bonchev–Trinajstić information content (AvgIpc) is 3.18. The maximum absolute atomic E-state index is 14.3. The molecule has 3 N–H and O–H groups in total. The number of pyridine rings is 1. The lowest BCUT2D eigenvalue weighted by atomic mass is 9.88. The standard InChI is InChI=1S/C22H25F2N3O4/c1-3-4-5-13-11-15(14-6-7-16(23)18(24)19(14)30-2)20(31-13)22(29)27-12-8-9-26-17(10-12)21(25)28/h6-10,13,15,20H,3-5,11H2,1-2H3,(H2,25,28)(H,26,27,29)/t13-,15-,20+/m0/s1. The van der Waals surface area contributed by atoms with Crippen molar-refractivity contribution >= 4 is 17.5 Å². The molecule has 31 heavy (non-hydrogen) atoms. The predicted octanol–water partition coefficient (Wildman–Crippen LogP) is 3.54. The van der Waals surface area contributed by atoms with Gasteiger partial charge in [-0.15, -0.1) is 0 Å². The quantitative estimate of drug-likeness (QED) is 0.663. The lowest BCUT2D eigenvalue weighted by Crippen LogP contribution is -2.32. The van der Waals surface area contributed by atoms with Crippen LogP contribution in [0.15, 0.2) is 30.5 Å². The Morgan fingerprint density at radius 1 is 1.32 bits per heavy atom. The van der Waals surface area contributed by atoms with Gasteiger partial charge in [0, 0.05) is 23.4 Å². The van der Waals surface area contributed by atoms with Crippen molar-refractivity contribution in [3.8, 4) is 5.75 Å². The number of primary amides is 1. The molecular weight excluding hydrogens is 408 g/mol. The summed E-state index contributed by atoms with van der Waals surface area (Å²) >= 11 is 0. The molecule has 1 saturated heterocycles. The summed E-state index contributed by atoms with van der Waals surface area (Å²) in [5.74, 6) is -4.10. The normalized spacial score (nSPS) is 20.5. The van der Waals surface area contributed by atoms with Gasteiger partial charge >= 0.3 is 0 Å². The first-order valence-electron chi connectivity index (χ1n) is 10.1. The summed E-state index contributed by atoms with van der Waals surface area (Å²) in [6.07, 6.45) is 3.26. The van der Waals surface area contributed by atoms with Gasteiger partial charge in [0.25, 0.3) is 11.8 Å². The second-order valence-corrected chi connectivity index (χ2v) is 7.43. The number of ether oxygens (including phenoxy) is 2. The molecule has 3 rings (SSSR count). The third-order valence-electron chi connectivity index (χ3n) is 5.32. The highest BCUT2D eigenvalue weighted by Gasteiger charge is 2.42. The van der Waals surface area contributed by atoms with Gasteiger partial charge in [0.1, 0.15) is 11.8 Å². The average molecular weight is 433 g/mol. The molecule has 2 amide bonds. The summed E-state index contributed by atoms with van der Waals surface area (Å²) in [5, 5.41) is 2.70. The molecule has 9 heteroatoms. The zero-order valence-electron chi connectivity index (χ0n) is 17.4. The summed E-state index contributed by atoms with van der Waals surface area (Å²) in [6.45, 7) is 2.05. The number of carbonyl (C=O) groups excluding carboxylic acids is 2. The summed E-state index contributed by atoms with van der Waals surface area (Å²) in [6, 6.07) is 5.31. The molecular formula is C22H25F2N3O4. The van der Waals surface area contributed by atoms with Crippen molar-refractivity contribution in [2.75, 3.05) is 12.4 Å². The molecule has 3 atom stereocenters. The Morgan fingerprint density at radius 3 is 2.77 bits per heavy atom. The SMILES string of the molecule is CCCC[C@H]1C[C@@H](c2ccc(F)c(F)c2OC)[C@H](C(=O)Nc2ccnc(C(N)=O)c2)O1. The monoisotopic (exact) mass is 433 g/mol. The minimum atomic E-state index is -1.10. The number of amides is 2. The van der Waals surface area contributed by atoms with Gasteiger partial charge in [-0.3, -0.25) is 14.6 Å². The summed E-state index contributed by atoms with van der Waals surface area (Å²) in [4.78, 5) is 28.3. The fourth-order valence-corrected chi connectivity index (χ4v) is 3.82. The minimum Gasteiger partial charge on any atom is -0.493 e. The number of nitrogens with two attached hydrogens (primary N) is 1. The van der Waals surface area contributed by atoms with Crippen LogP contribution in [0.3, 0.4) is 0 Å². The van der Waals surface area contributed by atoms with Gasteiger partial charge in [0.15, 0.2) is 11.6 Å². The number of nitrogens with zero attached hydrogens (tertiary/aromatic N) is 1. The molecule has 0 unspecified atom stereocenters. The lowest BCUT2D eigenvalue weighted by Gasteiger charge is -2.21. The van der Waals surface area contributed by atoms with Gasteiger partial charge in [-0.25, -0.2) is 4.39 Å². The van der Waals surface area contributed by atoms with E-state index in [1.54, 1.807) is 0 Å². The van der Waals surface area contributed by atoms with Gasteiger partial charge < -0.3 is 20.5 Å². The van der Waals surface area contributed by atoms with Crippen LogP contribution in [0.25, 0.3) is 0 Å². The highest BCUT2D eigenvalue weighted by atomic mass is 19.2. The highest BCUT2D eigenvalue weighted by Crippen LogP contribution is 2.42. The van der Waals surface area contributed by atoms with Crippen LogP contribution in [-0.2, 0) is 9.53 Å². The van der Waals surface area contributed by atoms with E-state index in [0.717, 1.165) is 25.3 Å². The molecule has 0 radical (unpaired) electrons. The van der Waals surface area contributed by atoms with E-state index in [1.165, 1.54) is 31.5 Å². The number of hydrogen-bond donors (Lipinski definition) is 2. The van der Waals surface area contributed by atoms with E-state index in [2.05, 4.69) is 17.2 Å².